The topological polar surface area (TPSA) is 40.6 Å². The zero-order valence-corrected chi connectivity index (χ0v) is 15.1. The molecule has 0 atom stereocenters. The second kappa shape index (κ2) is 7.18. The van der Waals surface area contributed by atoms with Crippen molar-refractivity contribution in [3.8, 4) is 0 Å². The van der Waals surface area contributed by atoms with Crippen LogP contribution < -0.4 is 0 Å². The molecule has 1 aliphatic heterocycles. The molecule has 0 spiro atoms. The number of hydrogen-bond donors (Lipinski definition) is 0. The summed E-state index contributed by atoms with van der Waals surface area (Å²) in [4.78, 5) is 28.7. The van der Waals surface area contributed by atoms with E-state index in [0.29, 0.717) is 37.3 Å². The first-order valence-corrected chi connectivity index (χ1v) is 8.75. The largest absolute Gasteiger partial charge is 0.335 e. The molecular weight excluding hydrogens is 368 g/mol. The highest BCUT2D eigenvalue weighted by Crippen LogP contribution is 2.19. The van der Waals surface area contributed by atoms with Crippen molar-refractivity contribution in [1.29, 1.82) is 0 Å². The number of rotatable bonds is 2. The molecule has 2 aromatic carbocycles. The summed E-state index contributed by atoms with van der Waals surface area (Å²) in [7, 11) is 0. The van der Waals surface area contributed by atoms with E-state index in [1.165, 1.54) is 0 Å². The summed E-state index contributed by atoms with van der Waals surface area (Å²) in [5, 5.41) is 0. The van der Waals surface area contributed by atoms with Gasteiger partial charge in [0.05, 0.1) is 5.56 Å². The molecule has 2 aromatic rings. The van der Waals surface area contributed by atoms with Gasteiger partial charge in [0, 0.05) is 36.2 Å². The normalized spacial score (nSPS) is 14.6. The molecule has 24 heavy (non-hydrogen) atoms. The van der Waals surface area contributed by atoms with Crippen molar-refractivity contribution >= 4 is 27.7 Å². The van der Waals surface area contributed by atoms with Crippen LogP contribution in [-0.2, 0) is 0 Å². The zero-order valence-electron chi connectivity index (χ0n) is 13.5. The summed E-state index contributed by atoms with van der Waals surface area (Å²) in [6.45, 7) is 4.22. The van der Waals surface area contributed by atoms with Gasteiger partial charge in [0.1, 0.15) is 0 Å². The number of carbonyl (C=O) groups excluding carboxylic acids is 2. The second-order valence-electron chi connectivity index (χ2n) is 5.93. The van der Waals surface area contributed by atoms with Crippen LogP contribution in [0.5, 0.6) is 0 Å². The van der Waals surface area contributed by atoms with Crippen molar-refractivity contribution in [2.45, 2.75) is 6.92 Å². The Balaban J connectivity index is 1.63. The van der Waals surface area contributed by atoms with E-state index >= 15 is 0 Å². The van der Waals surface area contributed by atoms with Gasteiger partial charge in [-0.1, -0.05) is 29.8 Å². The average Bonchev–Trinajstić information content (AvgIpc) is 2.62. The lowest BCUT2D eigenvalue weighted by Crippen LogP contribution is -2.50. The zero-order chi connectivity index (χ0) is 17.1. The molecule has 0 bridgehead atoms. The summed E-state index contributed by atoms with van der Waals surface area (Å²) >= 11 is 3.42. The lowest BCUT2D eigenvalue weighted by Gasteiger charge is -2.35. The number of carbonyl (C=O) groups is 2. The maximum atomic E-state index is 12.6. The monoisotopic (exact) mass is 386 g/mol. The van der Waals surface area contributed by atoms with Gasteiger partial charge in [-0.3, -0.25) is 9.59 Å². The molecule has 0 unspecified atom stereocenters. The second-order valence-corrected chi connectivity index (χ2v) is 6.78. The smallest absolute Gasteiger partial charge is 0.255 e. The molecule has 1 aliphatic rings. The maximum Gasteiger partial charge on any atom is 0.255 e. The number of piperazine rings is 1. The van der Waals surface area contributed by atoms with E-state index in [2.05, 4.69) is 15.9 Å². The van der Waals surface area contributed by atoms with E-state index in [1.807, 2.05) is 60.4 Å². The molecular formula is C19H19BrN2O2. The molecule has 3 rings (SSSR count). The van der Waals surface area contributed by atoms with E-state index in [4.69, 9.17) is 0 Å². The minimum atomic E-state index is 0.00455. The lowest BCUT2D eigenvalue weighted by molar-refractivity contribution is 0.0535. The molecule has 5 heteroatoms. The molecule has 0 saturated carbocycles. The fourth-order valence-electron chi connectivity index (χ4n) is 2.80. The first-order chi connectivity index (χ1) is 11.6. The van der Waals surface area contributed by atoms with Crippen molar-refractivity contribution in [3.63, 3.8) is 0 Å². The highest BCUT2D eigenvalue weighted by Gasteiger charge is 2.26. The van der Waals surface area contributed by atoms with Crippen LogP contribution in [0.1, 0.15) is 26.3 Å². The molecule has 0 N–H and O–H groups in total. The first kappa shape index (κ1) is 16.7. The number of benzene rings is 2. The number of amides is 2. The van der Waals surface area contributed by atoms with E-state index in [9.17, 15) is 9.59 Å². The van der Waals surface area contributed by atoms with Crippen LogP contribution in [0.4, 0.5) is 0 Å². The quantitative estimate of drug-likeness (QED) is 0.793. The predicted molar refractivity (Wildman–Crippen MR) is 97.1 cm³/mol. The molecule has 4 nitrogen and oxygen atoms in total. The summed E-state index contributed by atoms with van der Waals surface area (Å²) in [6.07, 6.45) is 0. The lowest BCUT2D eigenvalue weighted by atomic mass is 10.1. The SMILES string of the molecule is Cc1ccc(C(=O)N2CCN(C(=O)c3ccccc3Br)CC2)cc1. The Bertz CT molecular complexity index is 750. The highest BCUT2D eigenvalue weighted by atomic mass is 79.9. The van der Waals surface area contributed by atoms with Gasteiger partial charge in [-0.05, 0) is 47.1 Å². The van der Waals surface area contributed by atoms with Crippen molar-refractivity contribution < 1.29 is 9.59 Å². The van der Waals surface area contributed by atoms with Crippen molar-refractivity contribution in [2.75, 3.05) is 26.2 Å². The number of halogens is 1. The van der Waals surface area contributed by atoms with Crippen LogP contribution in [0.3, 0.4) is 0 Å². The van der Waals surface area contributed by atoms with Crippen LogP contribution in [0.2, 0.25) is 0 Å². The fourth-order valence-corrected chi connectivity index (χ4v) is 3.25. The average molecular weight is 387 g/mol. The van der Waals surface area contributed by atoms with Crippen molar-refractivity contribution in [3.05, 3.63) is 69.7 Å². The number of aryl methyl sites for hydroxylation is 1. The Hall–Kier alpha value is -2.14. The molecule has 0 radical (unpaired) electrons. The summed E-state index contributed by atoms with van der Waals surface area (Å²) in [5.74, 6) is 0.0351. The minimum absolute atomic E-state index is 0.00455. The number of nitrogens with zero attached hydrogens (tertiary/aromatic N) is 2. The molecule has 1 saturated heterocycles. The van der Waals surface area contributed by atoms with E-state index < -0.39 is 0 Å². The molecule has 2 amide bonds. The Morgan fingerprint density at radius 1 is 0.833 bits per heavy atom. The summed E-state index contributed by atoms with van der Waals surface area (Å²) < 4.78 is 0.799. The van der Waals surface area contributed by atoms with E-state index in [1.54, 1.807) is 4.90 Å². The van der Waals surface area contributed by atoms with E-state index in [-0.39, 0.29) is 11.8 Å². The molecule has 124 valence electrons. The van der Waals surface area contributed by atoms with Crippen molar-refractivity contribution in [1.82, 2.24) is 9.80 Å². The number of hydrogen-bond acceptors (Lipinski definition) is 2. The molecule has 1 fully saturated rings. The summed E-state index contributed by atoms with van der Waals surface area (Å²) in [5.41, 5.74) is 2.50. The van der Waals surface area contributed by atoms with E-state index in [0.717, 1.165) is 10.0 Å². The Morgan fingerprint density at radius 2 is 1.38 bits per heavy atom. The Labute approximate surface area is 150 Å². The predicted octanol–water partition coefficient (Wildman–Crippen LogP) is 3.36. The third-order valence-electron chi connectivity index (χ3n) is 4.26. The maximum absolute atomic E-state index is 12.6. The van der Waals surface area contributed by atoms with Crippen LogP contribution in [-0.4, -0.2) is 47.8 Å². The molecule has 0 aliphatic carbocycles. The minimum Gasteiger partial charge on any atom is -0.335 e. The van der Waals surface area contributed by atoms with Gasteiger partial charge in [0.25, 0.3) is 11.8 Å². The Kier molecular flexibility index (Phi) is 5.00. The van der Waals surface area contributed by atoms with Gasteiger partial charge < -0.3 is 9.80 Å². The third-order valence-corrected chi connectivity index (χ3v) is 4.95. The van der Waals surface area contributed by atoms with Crippen LogP contribution in [0.25, 0.3) is 0 Å². The highest BCUT2D eigenvalue weighted by molar-refractivity contribution is 9.10. The van der Waals surface area contributed by atoms with Crippen LogP contribution in [0.15, 0.2) is 53.0 Å². The first-order valence-electron chi connectivity index (χ1n) is 7.96. The van der Waals surface area contributed by atoms with Crippen LogP contribution >= 0.6 is 15.9 Å². The van der Waals surface area contributed by atoms with Gasteiger partial charge in [0.2, 0.25) is 0 Å². The third kappa shape index (κ3) is 3.51. The van der Waals surface area contributed by atoms with Gasteiger partial charge in [-0.25, -0.2) is 0 Å². The van der Waals surface area contributed by atoms with Gasteiger partial charge >= 0.3 is 0 Å². The van der Waals surface area contributed by atoms with Crippen LogP contribution in [0, 0.1) is 6.92 Å². The summed E-state index contributed by atoms with van der Waals surface area (Å²) in [6, 6.07) is 15.0. The standard InChI is InChI=1S/C19H19BrN2O2/c1-14-6-8-15(9-7-14)18(23)21-10-12-22(13-11-21)19(24)16-4-2-3-5-17(16)20/h2-9H,10-13H2,1H3. The van der Waals surface area contributed by atoms with Gasteiger partial charge in [-0.2, -0.15) is 0 Å². The molecule has 1 heterocycles. The van der Waals surface area contributed by atoms with Gasteiger partial charge in [0.15, 0.2) is 0 Å². The van der Waals surface area contributed by atoms with Gasteiger partial charge in [-0.15, -0.1) is 0 Å². The van der Waals surface area contributed by atoms with Crippen molar-refractivity contribution in [2.24, 2.45) is 0 Å². The Morgan fingerprint density at radius 3 is 1.96 bits per heavy atom. The molecule has 0 aromatic heterocycles. The fraction of sp³-hybridized carbons (Fsp3) is 0.263.